The quantitative estimate of drug-likeness (QED) is 0.532. The van der Waals surface area contributed by atoms with Crippen LogP contribution in [0, 0.1) is 28.1 Å². The fourth-order valence-electron chi connectivity index (χ4n) is 8.44. The van der Waals surface area contributed by atoms with Crippen molar-refractivity contribution in [3.05, 3.63) is 35.8 Å². The van der Waals surface area contributed by atoms with Crippen molar-refractivity contribution in [1.82, 2.24) is 24.9 Å². The van der Waals surface area contributed by atoms with Gasteiger partial charge in [-0.3, -0.25) is 14.0 Å². The summed E-state index contributed by atoms with van der Waals surface area (Å²) in [7, 11) is 1.61. The van der Waals surface area contributed by atoms with Gasteiger partial charge in [0.2, 0.25) is 0 Å². The van der Waals surface area contributed by atoms with Gasteiger partial charge in [0.05, 0.1) is 0 Å². The summed E-state index contributed by atoms with van der Waals surface area (Å²) < 4.78 is 7.20. The maximum Gasteiger partial charge on any atom is 0.276 e. The highest BCUT2D eigenvalue weighted by atomic mass is 16.5. The second-order valence-corrected chi connectivity index (χ2v) is 12.9. The molecule has 2 aromatic rings. The highest BCUT2D eigenvalue weighted by Gasteiger charge is 2.72. The van der Waals surface area contributed by atoms with Crippen molar-refractivity contribution in [3.8, 4) is 0 Å². The minimum atomic E-state index is -0.164. The molecule has 8 heteroatoms. The molecule has 4 aliphatic rings. The van der Waals surface area contributed by atoms with Crippen molar-refractivity contribution in [2.75, 3.05) is 33.5 Å². The monoisotopic (exact) mass is 507 g/mol. The van der Waals surface area contributed by atoms with Crippen LogP contribution in [0.1, 0.15) is 80.3 Å². The zero-order valence-electron chi connectivity index (χ0n) is 22.7. The first-order valence-electron chi connectivity index (χ1n) is 14.0. The molecular weight excluding hydrogens is 466 g/mol. The number of piperidine rings is 1. The van der Waals surface area contributed by atoms with Crippen LogP contribution in [-0.4, -0.2) is 65.6 Å². The van der Waals surface area contributed by atoms with Crippen molar-refractivity contribution in [1.29, 1.82) is 0 Å². The smallest absolute Gasteiger partial charge is 0.276 e. The van der Waals surface area contributed by atoms with Gasteiger partial charge in [0.1, 0.15) is 23.8 Å². The summed E-state index contributed by atoms with van der Waals surface area (Å²) in [5.41, 5.74) is 2.23. The standard InChI is InChI=1S/C29H41N5O3/c1-5-19-11-28(12-20-13-29(19,20)15-28)17-31-25(35)22-7-6-8-24-32-21(14-33(22)24)26(36)34(18-37-4)23-9-10-30-16-27(23,2)3/h6-8,14,19-20,23,30H,5,9-13,15-18H2,1-4H3,(H,31,35). The van der Waals surface area contributed by atoms with Crippen molar-refractivity contribution >= 4 is 17.5 Å². The average molecular weight is 508 g/mol. The Morgan fingerprint density at radius 2 is 2.11 bits per heavy atom. The lowest BCUT2D eigenvalue weighted by Gasteiger charge is -2.45. The number of fused-ring (bicyclic) bond motifs is 2. The van der Waals surface area contributed by atoms with Crippen molar-refractivity contribution in [2.45, 2.75) is 65.3 Å². The highest BCUT2D eigenvalue weighted by molar-refractivity contribution is 5.95. The Labute approximate surface area is 219 Å². The van der Waals surface area contributed by atoms with E-state index in [2.05, 4.69) is 36.4 Å². The van der Waals surface area contributed by atoms with Crippen LogP contribution < -0.4 is 10.6 Å². The first kappa shape index (κ1) is 24.9. The summed E-state index contributed by atoms with van der Waals surface area (Å²) in [4.78, 5) is 33.5. The third-order valence-corrected chi connectivity index (χ3v) is 10.2. The van der Waals surface area contributed by atoms with Gasteiger partial charge in [-0.2, -0.15) is 0 Å². The predicted molar refractivity (Wildman–Crippen MR) is 141 cm³/mol. The number of ether oxygens (including phenoxy) is 1. The van der Waals surface area contributed by atoms with Crippen LogP contribution in [0.2, 0.25) is 0 Å². The van der Waals surface area contributed by atoms with E-state index >= 15 is 0 Å². The molecule has 2 amide bonds. The lowest BCUT2D eigenvalue weighted by molar-refractivity contribution is -0.0103. The topological polar surface area (TPSA) is 88.0 Å². The number of carbonyl (C=O) groups excluding carboxylic acids is 2. The number of nitrogens with zero attached hydrogens (tertiary/aromatic N) is 3. The Balaban J connectivity index is 1.21. The first-order chi connectivity index (χ1) is 17.7. The Morgan fingerprint density at radius 1 is 1.27 bits per heavy atom. The number of hydrogen-bond acceptors (Lipinski definition) is 5. The zero-order chi connectivity index (χ0) is 26.0. The Bertz CT molecular complexity index is 1220. The Hall–Kier alpha value is -2.45. The van der Waals surface area contributed by atoms with Crippen LogP contribution in [0.15, 0.2) is 24.4 Å². The molecule has 6 rings (SSSR count). The number of rotatable bonds is 8. The fraction of sp³-hybridized carbons (Fsp3) is 0.690. The SMILES string of the molecule is CCC1CC2(CNC(=O)c3cccc4nc(C(=O)N(COC)C5CCNCC5(C)C)cn34)CC3CC13C2. The fourth-order valence-corrected chi connectivity index (χ4v) is 8.44. The highest BCUT2D eigenvalue weighted by Crippen LogP contribution is 2.80. The van der Waals surface area contributed by atoms with Gasteiger partial charge in [0.25, 0.3) is 11.8 Å². The molecular formula is C29H41N5O3. The molecule has 200 valence electrons. The molecule has 37 heavy (non-hydrogen) atoms. The third-order valence-electron chi connectivity index (χ3n) is 10.2. The number of imidazole rings is 1. The number of aromatic nitrogens is 2. The van der Waals surface area contributed by atoms with E-state index in [1.165, 1.54) is 32.1 Å². The lowest BCUT2D eigenvalue weighted by atomic mass is 9.79. The Kier molecular flexibility index (Phi) is 5.91. The maximum atomic E-state index is 13.7. The maximum absolute atomic E-state index is 13.7. The number of hydrogen-bond donors (Lipinski definition) is 2. The molecule has 4 fully saturated rings. The number of amides is 2. The molecule has 5 unspecified atom stereocenters. The van der Waals surface area contributed by atoms with E-state index in [0.29, 0.717) is 22.5 Å². The summed E-state index contributed by atoms with van der Waals surface area (Å²) in [6, 6.07) is 5.54. The number of nitrogens with one attached hydrogen (secondary N) is 2. The molecule has 2 N–H and O–H groups in total. The lowest BCUT2D eigenvalue weighted by Crippen LogP contribution is -2.56. The van der Waals surface area contributed by atoms with Crippen LogP contribution >= 0.6 is 0 Å². The van der Waals surface area contributed by atoms with E-state index < -0.39 is 0 Å². The van der Waals surface area contributed by atoms with E-state index in [-0.39, 0.29) is 35.4 Å². The second kappa shape index (κ2) is 8.80. The van der Waals surface area contributed by atoms with Gasteiger partial charge in [-0.05, 0) is 78.9 Å². The van der Waals surface area contributed by atoms with Gasteiger partial charge in [0.15, 0.2) is 0 Å². The van der Waals surface area contributed by atoms with Crippen LogP contribution in [0.4, 0.5) is 0 Å². The second-order valence-electron chi connectivity index (χ2n) is 12.9. The van der Waals surface area contributed by atoms with E-state index in [4.69, 9.17) is 4.74 Å². The molecule has 1 aliphatic heterocycles. The number of methoxy groups -OCH3 is 1. The summed E-state index contributed by atoms with van der Waals surface area (Å²) >= 11 is 0. The van der Waals surface area contributed by atoms with Gasteiger partial charge < -0.3 is 20.3 Å². The van der Waals surface area contributed by atoms with Crippen LogP contribution in [0.5, 0.6) is 0 Å². The van der Waals surface area contributed by atoms with E-state index in [0.717, 1.165) is 37.9 Å². The van der Waals surface area contributed by atoms with Crippen molar-refractivity contribution in [2.24, 2.45) is 28.1 Å². The normalized spacial score (nSPS) is 33.4. The average Bonchev–Trinajstić information content (AvgIpc) is 3.18. The van der Waals surface area contributed by atoms with Crippen LogP contribution in [-0.2, 0) is 4.74 Å². The molecule has 0 aromatic carbocycles. The molecule has 8 nitrogen and oxygen atoms in total. The van der Waals surface area contributed by atoms with Crippen LogP contribution in [0.25, 0.3) is 5.65 Å². The van der Waals surface area contributed by atoms with Gasteiger partial charge in [-0.15, -0.1) is 0 Å². The molecule has 3 heterocycles. The van der Waals surface area contributed by atoms with E-state index in [1.807, 2.05) is 18.2 Å². The molecule has 0 radical (unpaired) electrons. The van der Waals surface area contributed by atoms with Gasteiger partial charge in [-0.1, -0.05) is 33.3 Å². The summed E-state index contributed by atoms with van der Waals surface area (Å²) in [6.45, 7) is 9.31. The van der Waals surface area contributed by atoms with Crippen LogP contribution in [0.3, 0.4) is 0 Å². The minimum absolute atomic E-state index is 0.0345. The van der Waals surface area contributed by atoms with Gasteiger partial charge in [-0.25, -0.2) is 4.98 Å². The molecule has 2 aromatic heterocycles. The predicted octanol–water partition coefficient (Wildman–Crippen LogP) is 3.71. The molecule has 3 saturated carbocycles. The summed E-state index contributed by atoms with van der Waals surface area (Å²) in [6.07, 6.45) is 9.01. The number of pyridine rings is 1. The summed E-state index contributed by atoms with van der Waals surface area (Å²) in [5.74, 6) is 1.45. The molecule has 1 saturated heterocycles. The number of carbonyl (C=O) groups is 2. The van der Waals surface area contributed by atoms with Crippen molar-refractivity contribution in [3.63, 3.8) is 0 Å². The van der Waals surface area contributed by atoms with E-state index in [1.54, 1.807) is 22.6 Å². The van der Waals surface area contributed by atoms with Gasteiger partial charge >= 0.3 is 0 Å². The molecule has 3 aliphatic carbocycles. The Morgan fingerprint density at radius 3 is 2.84 bits per heavy atom. The molecule has 5 atom stereocenters. The minimum Gasteiger partial charge on any atom is -0.364 e. The van der Waals surface area contributed by atoms with E-state index in [9.17, 15) is 9.59 Å². The summed E-state index contributed by atoms with van der Waals surface area (Å²) in [5, 5.41) is 6.70. The van der Waals surface area contributed by atoms with Gasteiger partial charge in [0, 0.05) is 32.4 Å². The molecule has 1 spiro atoms. The van der Waals surface area contributed by atoms with Crippen molar-refractivity contribution < 1.29 is 14.3 Å². The molecule has 2 bridgehead atoms. The zero-order valence-corrected chi connectivity index (χ0v) is 22.7. The third kappa shape index (κ3) is 3.98. The largest absolute Gasteiger partial charge is 0.364 e. The first-order valence-corrected chi connectivity index (χ1v) is 14.0.